The number of nitrogens with zero attached hydrogens (tertiary/aromatic N) is 2. The Morgan fingerprint density at radius 2 is 2.10 bits per heavy atom. The van der Waals surface area contributed by atoms with Crippen LogP contribution >= 0.6 is 27.7 Å². The third-order valence-corrected chi connectivity index (χ3v) is 4.22. The van der Waals surface area contributed by atoms with Crippen LogP contribution in [0, 0.1) is 0 Å². The summed E-state index contributed by atoms with van der Waals surface area (Å²) in [6.45, 7) is 2.31. The molecular weight excluding hydrogens is 350 g/mol. The van der Waals surface area contributed by atoms with Crippen molar-refractivity contribution in [3.05, 3.63) is 52.5 Å². The van der Waals surface area contributed by atoms with Crippen LogP contribution in [-0.4, -0.2) is 30.2 Å². The van der Waals surface area contributed by atoms with Crippen LogP contribution in [0.25, 0.3) is 0 Å². The molecule has 0 bridgehead atoms. The molecule has 0 aliphatic heterocycles. The highest BCUT2D eigenvalue weighted by Crippen LogP contribution is 2.24. The first kappa shape index (κ1) is 16.4. The van der Waals surface area contributed by atoms with E-state index in [0.717, 1.165) is 34.7 Å². The van der Waals surface area contributed by atoms with E-state index >= 15 is 0 Å². The van der Waals surface area contributed by atoms with E-state index < -0.39 is 0 Å². The van der Waals surface area contributed by atoms with E-state index in [1.165, 1.54) is 4.90 Å². The van der Waals surface area contributed by atoms with Crippen molar-refractivity contribution >= 4 is 27.7 Å². The molecule has 0 fully saturated rings. The van der Waals surface area contributed by atoms with E-state index in [1.807, 2.05) is 24.5 Å². The molecule has 0 aliphatic rings. The van der Waals surface area contributed by atoms with Crippen LogP contribution in [0.5, 0.6) is 0 Å². The molecule has 1 aromatic carbocycles. The lowest BCUT2D eigenvalue weighted by Gasteiger charge is -2.05. The summed E-state index contributed by atoms with van der Waals surface area (Å²) in [6, 6.07) is 8.23. The maximum Gasteiger partial charge on any atom is 0.138 e. The van der Waals surface area contributed by atoms with Gasteiger partial charge in [0.1, 0.15) is 5.82 Å². The minimum absolute atomic E-state index is 0.711. The van der Waals surface area contributed by atoms with Gasteiger partial charge in [0.2, 0.25) is 0 Å². The van der Waals surface area contributed by atoms with E-state index in [4.69, 9.17) is 4.74 Å². The molecule has 0 saturated carbocycles. The highest BCUT2D eigenvalue weighted by atomic mass is 79.9. The topological polar surface area (TPSA) is 47.0 Å². The first-order valence-electron chi connectivity index (χ1n) is 6.66. The zero-order valence-electron chi connectivity index (χ0n) is 11.9. The van der Waals surface area contributed by atoms with Crippen molar-refractivity contribution < 1.29 is 4.74 Å². The fraction of sp³-hybridized carbons (Fsp3) is 0.333. The number of nitrogens with one attached hydrogen (secondary N) is 1. The Hall–Kier alpha value is -0.950. The molecule has 0 spiro atoms. The molecular formula is C15H18BrN3OS. The number of methoxy groups -OCH3 is 1. The number of benzene rings is 1. The van der Waals surface area contributed by atoms with Gasteiger partial charge in [-0.2, -0.15) is 0 Å². The van der Waals surface area contributed by atoms with Crippen molar-refractivity contribution in [1.29, 1.82) is 0 Å². The van der Waals surface area contributed by atoms with Crippen LogP contribution in [-0.2, 0) is 17.0 Å². The molecule has 0 amide bonds. The average Bonchev–Trinajstić information content (AvgIpc) is 2.51. The van der Waals surface area contributed by atoms with Gasteiger partial charge < -0.3 is 10.1 Å². The van der Waals surface area contributed by atoms with Crippen molar-refractivity contribution in [3.63, 3.8) is 0 Å². The minimum Gasteiger partial charge on any atom is -0.383 e. The zero-order valence-corrected chi connectivity index (χ0v) is 14.3. The molecule has 112 valence electrons. The van der Waals surface area contributed by atoms with Gasteiger partial charge in [0.25, 0.3) is 0 Å². The van der Waals surface area contributed by atoms with E-state index in [-0.39, 0.29) is 0 Å². The summed E-state index contributed by atoms with van der Waals surface area (Å²) in [7, 11) is 1.70. The van der Waals surface area contributed by atoms with Gasteiger partial charge in [-0.1, -0.05) is 22.0 Å². The Balaban J connectivity index is 1.79. The molecule has 2 aromatic rings. The molecule has 1 aromatic heterocycles. The van der Waals surface area contributed by atoms with Gasteiger partial charge >= 0.3 is 0 Å². The fourth-order valence-corrected chi connectivity index (χ4v) is 3.04. The molecule has 1 heterocycles. The van der Waals surface area contributed by atoms with Crippen LogP contribution in [0.1, 0.15) is 11.4 Å². The maximum absolute atomic E-state index is 4.98. The largest absolute Gasteiger partial charge is 0.383 e. The predicted molar refractivity (Wildman–Crippen MR) is 89.3 cm³/mol. The normalized spacial score (nSPS) is 10.8. The SMILES string of the molecule is COCCNCc1cnc(CSc2cccc(Br)c2)nc1. The van der Waals surface area contributed by atoms with Crippen molar-refractivity contribution in [2.24, 2.45) is 0 Å². The molecule has 21 heavy (non-hydrogen) atoms. The second-order valence-electron chi connectivity index (χ2n) is 4.42. The highest BCUT2D eigenvalue weighted by molar-refractivity contribution is 9.10. The Labute approximate surface area is 137 Å². The smallest absolute Gasteiger partial charge is 0.138 e. The number of thioether (sulfide) groups is 1. The van der Waals surface area contributed by atoms with Gasteiger partial charge in [0.15, 0.2) is 0 Å². The van der Waals surface area contributed by atoms with E-state index in [0.29, 0.717) is 6.61 Å². The molecule has 0 radical (unpaired) electrons. The van der Waals surface area contributed by atoms with E-state index in [1.54, 1.807) is 18.9 Å². The van der Waals surface area contributed by atoms with Gasteiger partial charge in [-0.3, -0.25) is 0 Å². The monoisotopic (exact) mass is 367 g/mol. The van der Waals surface area contributed by atoms with Crippen molar-refractivity contribution in [2.75, 3.05) is 20.3 Å². The quantitative estimate of drug-likeness (QED) is 0.573. The third-order valence-electron chi connectivity index (χ3n) is 2.73. The lowest BCUT2D eigenvalue weighted by atomic mass is 10.3. The fourth-order valence-electron chi connectivity index (χ4n) is 1.66. The van der Waals surface area contributed by atoms with E-state index in [2.05, 4.69) is 43.3 Å². The maximum atomic E-state index is 4.98. The Morgan fingerprint density at radius 3 is 2.81 bits per heavy atom. The van der Waals surface area contributed by atoms with Crippen molar-refractivity contribution in [2.45, 2.75) is 17.2 Å². The predicted octanol–water partition coefficient (Wildman–Crippen LogP) is 3.27. The van der Waals surface area contributed by atoms with Gasteiger partial charge in [-0.05, 0) is 18.2 Å². The molecule has 2 rings (SSSR count). The summed E-state index contributed by atoms with van der Waals surface area (Å²) in [5.41, 5.74) is 1.09. The van der Waals surface area contributed by atoms with Crippen LogP contribution in [0.4, 0.5) is 0 Å². The van der Waals surface area contributed by atoms with Crippen molar-refractivity contribution in [1.82, 2.24) is 15.3 Å². The summed E-state index contributed by atoms with van der Waals surface area (Å²) >= 11 is 5.20. The lowest BCUT2D eigenvalue weighted by Crippen LogP contribution is -2.18. The number of ether oxygens (including phenoxy) is 1. The van der Waals surface area contributed by atoms with Gasteiger partial charge in [-0.15, -0.1) is 11.8 Å². The van der Waals surface area contributed by atoms with Crippen LogP contribution in [0.2, 0.25) is 0 Å². The van der Waals surface area contributed by atoms with Crippen LogP contribution < -0.4 is 5.32 Å². The Morgan fingerprint density at radius 1 is 1.29 bits per heavy atom. The first-order chi connectivity index (χ1) is 10.3. The van der Waals surface area contributed by atoms with Gasteiger partial charge in [0.05, 0.1) is 12.4 Å². The van der Waals surface area contributed by atoms with Crippen molar-refractivity contribution in [3.8, 4) is 0 Å². The van der Waals surface area contributed by atoms with Gasteiger partial charge in [0, 0.05) is 47.5 Å². The molecule has 6 heteroatoms. The second-order valence-corrected chi connectivity index (χ2v) is 6.39. The molecule has 1 N–H and O–H groups in total. The number of rotatable bonds is 8. The van der Waals surface area contributed by atoms with Gasteiger partial charge in [-0.25, -0.2) is 9.97 Å². The zero-order chi connectivity index (χ0) is 14.9. The number of hydrogen-bond donors (Lipinski definition) is 1. The summed E-state index contributed by atoms with van der Waals surface area (Å²) in [6.07, 6.45) is 3.76. The molecule has 0 atom stereocenters. The summed E-state index contributed by atoms with van der Waals surface area (Å²) in [5.74, 6) is 1.62. The van der Waals surface area contributed by atoms with E-state index in [9.17, 15) is 0 Å². The number of aromatic nitrogens is 2. The Bertz CT molecular complexity index is 551. The third kappa shape index (κ3) is 6.13. The Kier molecular flexibility index (Phi) is 7.15. The summed E-state index contributed by atoms with van der Waals surface area (Å²) in [5, 5.41) is 3.27. The second kappa shape index (κ2) is 9.15. The molecule has 0 unspecified atom stereocenters. The first-order valence-corrected chi connectivity index (χ1v) is 8.43. The van der Waals surface area contributed by atoms with Crippen LogP contribution in [0.15, 0.2) is 46.0 Å². The number of halogens is 1. The van der Waals surface area contributed by atoms with Crippen LogP contribution in [0.3, 0.4) is 0 Å². The summed E-state index contributed by atoms with van der Waals surface area (Å²) in [4.78, 5) is 10.0. The highest BCUT2D eigenvalue weighted by Gasteiger charge is 2.01. The lowest BCUT2D eigenvalue weighted by molar-refractivity contribution is 0.199. The molecule has 4 nitrogen and oxygen atoms in total. The molecule has 0 saturated heterocycles. The molecule has 0 aliphatic carbocycles. The minimum atomic E-state index is 0.711. The standard InChI is InChI=1S/C15H18BrN3OS/c1-20-6-5-17-8-12-9-18-15(19-10-12)11-21-14-4-2-3-13(16)7-14/h2-4,7,9-10,17H,5-6,8,11H2,1H3. The average molecular weight is 368 g/mol. The number of hydrogen-bond acceptors (Lipinski definition) is 5. The summed E-state index contributed by atoms with van der Waals surface area (Å²) < 4.78 is 6.07.